The first-order valence-corrected chi connectivity index (χ1v) is 8.80. The van der Waals surface area contributed by atoms with Crippen LogP contribution in [0.25, 0.3) is 0 Å². The summed E-state index contributed by atoms with van der Waals surface area (Å²) in [6.45, 7) is 1.37. The van der Waals surface area contributed by atoms with Crippen molar-refractivity contribution >= 4 is 5.91 Å². The summed E-state index contributed by atoms with van der Waals surface area (Å²) in [6.07, 6.45) is 5.16. The Morgan fingerprint density at radius 1 is 1.27 bits per heavy atom. The summed E-state index contributed by atoms with van der Waals surface area (Å²) in [4.78, 5) is 19.3. The van der Waals surface area contributed by atoms with Crippen molar-refractivity contribution in [3.63, 3.8) is 0 Å². The molecule has 1 atom stereocenters. The van der Waals surface area contributed by atoms with Crippen LogP contribution in [0.5, 0.6) is 11.8 Å². The number of nitrogens with zero attached hydrogens (tertiary/aromatic N) is 5. The second kappa shape index (κ2) is 6.26. The van der Waals surface area contributed by atoms with Crippen molar-refractivity contribution in [1.29, 1.82) is 0 Å². The molecule has 2 aliphatic rings. The molecule has 1 unspecified atom stereocenters. The minimum absolute atomic E-state index is 0.0621. The van der Waals surface area contributed by atoms with Crippen molar-refractivity contribution in [3.05, 3.63) is 29.8 Å². The van der Waals surface area contributed by atoms with Gasteiger partial charge in [0.05, 0.1) is 14.2 Å². The van der Waals surface area contributed by atoms with E-state index >= 15 is 0 Å². The van der Waals surface area contributed by atoms with Gasteiger partial charge in [0.25, 0.3) is 5.91 Å². The van der Waals surface area contributed by atoms with Gasteiger partial charge in [0.1, 0.15) is 17.7 Å². The van der Waals surface area contributed by atoms with E-state index in [-0.39, 0.29) is 17.2 Å². The monoisotopic (exact) mass is 357 g/mol. The van der Waals surface area contributed by atoms with Gasteiger partial charge >= 0.3 is 0 Å². The number of amides is 1. The van der Waals surface area contributed by atoms with E-state index in [1.54, 1.807) is 18.5 Å². The van der Waals surface area contributed by atoms with Crippen molar-refractivity contribution in [2.75, 3.05) is 27.3 Å². The Morgan fingerprint density at radius 2 is 2.08 bits per heavy atom. The molecule has 1 aliphatic carbocycles. The molecule has 8 nitrogen and oxygen atoms in total. The fraction of sp³-hybridized carbons (Fsp3) is 0.556. The van der Waals surface area contributed by atoms with Crippen molar-refractivity contribution in [1.82, 2.24) is 24.6 Å². The van der Waals surface area contributed by atoms with Crippen LogP contribution < -0.4 is 9.47 Å². The Labute approximate surface area is 152 Å². The SMILES string of the molecule is COc1ccc(C(=O)N2CC(c3nncn3C)C3(CCC3)C2)c(OC)n1. The van der Waals surface area contributed by atoms with Crippen molar-refractivity contribution in [3.8, 4) is 11.8 Å². The molecule has 3 heterocycles. The molecule has 26 heavy (non-hydrogen) atoms. The average Bonchev–Trinajstić information content (AvgIpc) is 3.23. The summed E-state index contributed by atoms with van der Waals surface area (Å²) >= 11 is 0. The summed E-state index contributed by atoms with van der Waals surface area (Å²) < 4.78 is 12.4. The molecule has 1 aliphatic heterocycles. The number of carbonyl (C=O) groups excluding carboxylic acids is 1. The van der Waals surface area contributed by atoms with Crippen molar-refractivity contribution in [2.24, 2.45) is 12.5 Å². The number of pyridine rings is 1. The summed E-state index contributed by atoms with van der Waals surface area (Å²) in [7, 11) is 5.01. The van der Waals surface area contributed by atoms with Gasteiger partial charge in [-0.1, -0.05) is 6.42 Å². The summed E-state index contributed by atoms with van der Waals surface area (Å²) in [5.74, 6) is 1.82. The molecule has 4 rings (SSSR count). The lowest BCUT2D eigenvalue weighted by Crippen LogP contribution is -2.38. The van der Waals surface area contributed by atoms with Crippen LogP contribution in [0.1, 0.15) is 41.4 Å². The number of aromatic nitrogens is 4. The van der Waals surface area contributed by atoms with Crippen LogP contribution in [0.2, 0.25) is 0 Å². The number of likely N-dealkylation sites (tertiary alicyclic amines) is 1. The highest BCUT2D eigenvalue weighted by Gasteiger charge is 2.53. The van der Waals surface area contributed by atoms with Crippen molar-refractivity contribution < 1.29 is 14.3 Å². The van der Waals surface area contributed by atoms with Gasteiger partial charge in [-0.05, 0) is 24.3 Å². The van der Waals surface area contributed by atoms with E-state index in [0.717, 1.165) is 25.2 Å². The molecule has 138 valence electrons. The molecule has 1 saturated heterocycles. The molecule has 2 fully saturated rings. The van der Waals surface area contributed by atoms with E-state index in [1.165, 1.54) is 20.6 Å². The molecule has 2 aromatic heterocycles. The van der Waals surface area contributed by atoms with Gasteiger partial charge in [-0.2, -0.15) is 4.98 Å². The maximum absolute atomic E-state index is 13.2. The smallest absolute Gasteiger partial charge is 0.259 e. The van der Waals surface area contributed by atoms with E-state index in [9.17, 15) is 4.79 Å². The topological polar surface area (TPSA) is 82.4 Å². The number of rotatable bonds is 4. The van der Waals surface area contributed by atoms with Crippen LogP contribution >= 0.6 is 0 Å². The Kier molecular flexibility index (Phi) is 4.05. The number of hydrogen-bond donors (Lipinski definition) is 0. The van der Waals surface area contributed by atoms with E-state index in [2.05, 4.69) is 15.2 Å². The molecule has 1 amide bonds. The fourth-order valence-electron chi connectivity index (χ4n) is 4.25. The summed E-state index contributed by atoms with van der Waals surface area (Å²) in [6, 6.07) is 3.40. The first-order chi connectivity index (χ1) is 12.6. The third kappa shape index (κ3) is 2.51. The van der Waals surface area contributed by atoms with E-state index < -0.39 is 0 Å². The zero-order chi connectivity index (χ0) is 18.3. The van der Waals surface area contributed by atoms with Gasteiger partial charge in [-0.15, -0.1) is 10.2 Å². The molecule has 0 bridgehead atoms. The lowest BCUT2D eigenvalue weighted by atomic mass is 9.62. The molecule has 1 saturated carbocycles. The maximum Gasteiger partial charge on any atom is 0.259 e. The molecule has 1 spiro atoms. The Hall–Kier alpha value is -2.64. The summed E-state index contributed by atoms with van der Waals surface area (Å²) in [5.41, 5.74) is 0.574. The highest BCUT2D eigenvalue weighted by Crippen LogP contribution is 2.55. The molecular formula is C18H23N5O3. The number of ether oxygens (including phenoxy) is 2. The normalized spacial score (nSPS) is 20.9. The van der Waals surface area contributed by atoms with Gasteiger partial charge in [-0.3, -0.25) is 4.79 Å². The predicted octanol–water partition coefficient (Wildman–Crippen LogP) is 1.64. The third-order valence-corrected chi connectivity index (χ3v) is 5.81. The molecule has 8 heteroatoms. The Morgan fingerprint density at radius 3 is 2.65 bits per heavy atom. The molecule has 0 N–H and O–H groups in total. The highest BCUT2D eigenvalue weighted by molar-refractivity contribution is 5.96. The first-order valence-electron chi connectivity index (χ1n) is 8.80. The maximum atomic E-state index is 13.2. The zero-order valence-corrected chi connectivity index (χ0v) is 15.3. The van der Waals surface area contributed by atoms with Crippen LogP contribution in [0.15, 0.2) is 18.5 Å². The van der Waals surface area contributed by atoms with E-state index in [1.807, 2.05) is 16.5 Å². The second-order valence-corrected chi connectivity index (χ2v) is 7.16. The van der Waals surface area contributed by atoms with Crippen LogP contribution in [-0.2, 0) is 7.05 Å². The average molecular weight is 357 g/mol. The van der Waals surface area contributed by atoms with E-state index in [0.29, 0.717) is 23.9 Å². The first kappa shape index (κ1) is 16.8. The quantitative estimate of drug-likeness (QED) is 0.827. The second-order valence-electron chi connectivity index (χ2n) is 7.16. The Bertz CT molecular complexity index is 830. The highest BCUT2D eigenvalue weighted by atomic mass is 16.5. The number of hydrogen-bond acceptors (Lipinski definition) is 6. The van der Waals surface area contributed by atoms with Crippen LogP contribution in [-0.4, -0.2) is 57.9 Å². The molecular weight excluding hydrogens is 334 g/mol. The lowest BCUT2D eigenvalue weighted by molar-refractivity contribution is 0.0719. The minimum atomic E-state index is -0.0621. The minimum Gasteiger partial charge on any atom is -0.481 e. The predicted molar refractivity (Wildman–Crippen MR) is 93.3 cm³/mol. The molecule has 0 radical (unpaired) electrons. The van der Waals surface area contributed by atoms with Gasteiger partial charge < -0.3 is 18.9 Å². The number of aryl methyl sites for hydroxylation is 1. The Balaban J connectivity index is 1.63. The van der Waals surface area contributed by atoms with Crippen LogP contribution in [0, 0.1) is 5.41 Å². The standard InChI is InChI=1S/C18H23N5O3/c1-22-11-19-21-15(22)13-9-23(10-18(13)7-4-8-18)17(24)12-5-6-14(25-2)20-16(12)26-3/h5-6,11,13H,4,7-10H2,1-3H3. The number of methoxy groups -OCH3 is 2. The fourth-order valence-corrected chi connectivity index (χ4v) is 4.25. The van der Waals surface area contributed by atoms with Crippen LogP contribution in [0.3, 0.4) is 0 Å². The molecule has 0 aromatic carbocycles. The summed E-state index contributed by atoms with van der Waals surface area (Å²) in [5, 5.41) is 8.35. The van der Waals surface area contributed by atoms with Gasteiger partial charge in [0, 0.05) is 32.1 Å². The van der Waals surface area contributed by atoms with Gasteiger partial charge in [-0.25, -0.2) is 0 Å². The third-order valence-electron chi connectivity index (χ3n) is 5.81. The lowest BCUT2D eigenvalue weighted by Gasteiger charge is -2.42. The molecule has 2 aromatic rings. The van der Waals surface area contributed by atoms with Crippen molar-refractivity contribution in [2.45, 2.75) is 25.2 Å². The van der Waals surface area contributed by atoms with Crippen LogP contribution in [0.4, 0.5) is 0 Å². The largest absolute Gasteiger partial charge is 0.481 e. The van der Waals surface area contributed by atoms with Gasteiger partial charge in [0.2, 0.25) is 11.8 Å². The number of carbonyl (C=O) groups is 1. The zero-order valence-electron chi connectivity index (χ0n) is 15.3. The van der Waals surface area contributed by atoms with Gasteiger partial charge in [0.15, 0.2) is 0 Å². The van der Waals surface area contributed by atoms with E-state index in [4.69, 9.17) is 9.47 Å².